The molecule has 2 aromatic carbocycles. The predicted molar refractivity (Wildman–Crippen MR) is 95.6 cm³/mol. The summed E-state index contributed by atoms with van der Waals surface area (Å²) in [6.07, 6.45) is 1.66. The van der Waals surface area contributed by atoms with E-state index in [1.165, 1.54) is 0 Å². The Morgan fingerprint density at radius 2 is 1.76 bits per heavy atom. The van der Waals surface area contributed by atoms with Gasteiger partial charge in [0.15, 0.2) is 0 Å². The third-order valence-electron chi connectivity index (χ3n) is 3.38. The van der Waals surface area contributed by atoms with Crippen molar-refractivity contribution in [3.63, 3.8) is 0 Å². The lowest BCUT2D eigenvalue weighted by Crippen LogP contribution is -2.30. The van der Waals surface area contributed by atoms with Crippen molar-refractivity contribution in [2.24, 2.45) is 0 Å². The number of carboxylic acids is 1. The van der Waals surface area contributed by atoms with E-state index in [2.05, 4.69) is 5.32 Å². The first-order valence-corrected chi connectivity index (χ1v) is 7.70. The second-order valence-electron chi connectivity index (χ2n) is 5.13. The topological polar surface area (TPSA) is 86.7 Å². The molecule has 0 aliphatic carbocycles. The molecule has 0 aromatic heterocycles. The number of amides is 2. The molecule has 6 heteroatoms. The molecule has 2 amide bonds. The van der Waals surface area contributed by atoms with Gasteiger partial charge in [0.25, 0.3) is 5.91 Å². The normalized spacial score (nSPS) is 10.4. The van der Waals surface area contributed by atoms with E-state index in [0.717, 1.165) is 17.8 Å². The largest absolute Gasteiger partial charge is 0.478 e. The monoisotopic (exact) mass is 338 g/mol. The van der Waals surface area contributed by atoms with Crippen LogP contribution in [0.1, 0.15) is 17.3 Å². The summed E-state index contributed by atoms with van der Waals surface area (Å²) >= 11 is 0. The molecule has 128 valence electrons. The Kier molecular flexibility index (Phi) is 6.06. The van der Waals surface area contributed by atoms with Crippen molar-refractivity contribution >= 4 is 29.2 Å². The number of aliphatic carboxylic acids is 1. The minimum absolute atomic E-state index is 0.189. The van der Waals surface area contributed by atoms with Gasteiger partial charge in [0.1, 0.15) is 0 Å². The number of anilines is 2. The minimum atomic E-state index is -1.21. The van der Waals surface area contributed by atoms with Crippen molar-refractivity contribution < 1.29 is 19.5 Å². The highest BCUT2D eigenvalue weighted by Gasteiger charge is 2.16. The van der Waals surface area contributed by atoms with Gasteiger partial charge in [-0.3, -0.25) is 9.59 Å². The second-order valence-corrected chi connectivity index (χ2v) is 5.13. The third-order valence-corrected chi connectivity index (χ3v) is 3.38. The SMILES string of the molecule is CCN(C(=O)c1cccc(NC(=O)/C=C\C(=O)O)c1)c1ccccc1. The van der Waals surface area contributed by atoms with E-state index in [4.69, 9.17) is 5.11 Å². The van der Waals surface area contributed by atoms with Gasteiger partial charge < -0.3 is 15.3 Å². The molecule has 25 heavy (non-hydrogen) atoms. The van der Waals surface area contributed by atoms with Crippen molar-refractivity contribution in [3.8, 4) is 0 Å². The molecule has 2 rings (SSSR count). The molecule has 0 atom stereocenters. The third kappa shape index (κ3) is 5.04. The van der Waals surface area contributed by atoms with Gasteiger partial charge >= 0.3 is 5.97 Å². The molecule has 0 aliphatic heterocycles. The Bertz CT molecular complexity index is 800. The van der Waals surface area contributed by atoms with Crippen LogP contribution < -0.4 is 10.2 Å². The minimum Gasteiger partial charge on any atom is -0.478 e. The van der Waals surface area contributed by atoms with Crippen LogP contribution >= 0.6 is 0 Å². The van der Waals surface area contributed by atoms with E-state index in [0.29, 0.717) is 17.8 Å². The molecule has 0 radical (unpaired) electrons. The van der Waals surface area contributed by atoms with Crippen LogP contribution in [0, 0.1) is 0 Å². The first kappa shape index (κ1) is 17.9. The predicted octanol–water partition coefficient (Wildman–Crippen LogP) is 2.93. The summed E-state index contributed by atoms with van der Waals surface area (Å²) in [7, 11) is 0. The molecule has 0 saturated heterocycles. The van der Waals surface area contributed by atoms with E-state index in [1.54, 1.807) is 29.2 Å². The summed E-state index contributed by atoms with van der Waals surface area (Å²) in [4.78, 5) is 36.5. The number of carbonyl (C=O) groups is 3. The van der Waals surface area contributed by atoms with Crippen LogP contribution in [0.15, 0.2) is 66.7 Å². The molecular formula is C19H18N2O4. The van der Waals surface area contributed by atoms with Crippen LogP contribution in [0.25, 0.3) is 0 Å². The molecule has 0 unspecified atom stereocenters. The zero-order valence-corrected chi connectivity index (χ0v) is 13.7. The van der Waals surface area contributed by atoms with Crippen molar-refractivity contribution in [2.75, 3.05) is 16.8 Å². The first-order chi connectivity index (χ1) is 12.0. The quantitative estimate of drug-likeness (QED) is 0.793. The number of hydrogen-bond acceptors (Lipinski definition) is 3. The fourth-order valence-electron chi connectivity index (χ4n) is 2.27. The van der Waals surface area contributed by atoms with Crippen molar-refractivity contribution in [1.29, 1.82) is 0 Å². The van der Waals surface area contributed by atoms with Crippen LogP contribution in [0.2, 0.25) is 0 Å². The number of nitrogens with zero attached hydrogens (tertiary/aromatic N) is 1. The Labute approximate surface area is 145 Å². The van der Waals surface area contributed by atoms with Gasteiger partial charge in [-0.15, -0.1) is 0 Å². The molecule has 2 N–H and O–H groups in total. The number of carboxylic acid groups (broad SMARTS) is 1. The van der Waals surface area contributed by atoms with Crippen LogP contribution in [-0.2, 0) is 9.59 Å². The Balaban J connectivity index is 2.18. The number of hydrogen-bond donors (Lipinski definition) is 2. The molecule has 0 saturated carbocycles. The maximum absolute atomic E-state index is 12.8. The Hall–Kier alpha value is -3.41. The van der Waals surface area contributed by atoms with Crippen LogP contribution in [0.5, 0.6) is 0 Å². The highest BCUT2D eigenvalue weighted by molar-refractivity contribution is 6.07. The van der Waals surface area contributed by atoms with Gasteiger partial charge in [-0.05, 0) is 37.3 Å². The van der Waals surface area contributed by atoms with Crippen molar-refractivity contribution in [2.45, 2.75) is 6.92 Å². The fourth-order valence-corrected chi connectivity index (χ4v) is 2.27. The Morgan fingerprint density at radius 1 is 1.04 bits per heavy atom. The lowest BCUT2D eigenvalue weighted by Gasteiger charge is -2.21. The zero-order valence-electron chi connectivity index (χ0n) is 13.7. The molecule has 0 spiro atoms. The number of benzene rings is 2. The lowest BCUT2D eigenvalue weighted by atomic mass is 10.1. The van der Waals surface area contributed by atoms with Crippen molar-refractivity contribution in [1.82, 2.24) is 0 Å². The number of carbonyl (C=O) groups excluding carboxylic acids is 2. The smallest absolute Gasteiger partial charge is 0.328 e. The molecule has 0 bridgehead atoms. The fraction of sp³-hybridized carbons (Fsp3) is 0.105. The van der Waals surface area contributed by atoms with Gasteiger partial charge in [-0.25, -0.2) is 4.79 Å². The standard InChI is InChI=1S/C19H18N2O4/c1-2-21(16-9-4-3-5-10-16)19(25)14-7-6-8-15(13-14)20-17(22)11-12-18(23)24/h3-13H,2H2,1H3,(H,20,22)(H,23,24)/b12-11-. The van der Waals surface area contributed by atoms with Gasteiger partial charge in [0.2, 0.25) is 5.91 Å². The highest BCUT2D eigenvalue weighted by Crippen LogP contribution is 2.18. The van der Waals surface area contributed by atoms with Crippen LogP contribution in [0.4, 0.5) is 11.4 Å². The van der Waals surface area contributed by atoms with Gasteiger partial charge in [-0.1, -0.05) is 24.3 Å². The molecule has 2 aromatic rings. The summed E-state index contributed by atoms with van der Waals surface area (Å²) < 4.78 is 0. The van der Waals surface area contributed by atoms with Gasteiger partial charge in [0, 0.05) is 35.6 Å². The summed E-state index contributed by atoms with van der Waals surface area (Å²) in [6, 6.07) is 15.8. The summed E-state index contributed by atoms with van der Waals surface area (Å²) in [5.41, 5.74) is 1.62. The van der Waals surface area contributed by atoms with Gasteiger partial charge in [-0.2, -0.15) is 0 Å². The number of nitrogens with one attached hydrogen (secondary N) is 1. The number of para-hydroxylation sites is 1. The van der Waals surface area contributed by atoms with E-state index in [1.807, 2.05) is 37.3 Å². The molecule has 0 fully saturated rings. The summed E-state index contributed by atoms with van der Waals surface area (Å²) in [5, 5.41) is 11.1. The zero-order chi connectivity index (χ0) is 18.2. The summed E-state index contributed by atoms with van der Waals surface area (Å²) in [6.45, 7) is 2.38. The highest BCUT2D eigenvalue weighted by atomic mass is 16.4. The first-order valence-electron chi connectivity index (χ1n) is 7.70. The van der Waals surface area contributed by atoms with Crippen molar-refractivity contribution in [3.05, 3.63) is 72.3 Å². The summed E-state index contributed by atoms with van der Waals surface area (Å²) in [5.74, 6) is -1.98. The van der Waals surface area contributed by atoms with E-state index < -0.39 is 11.9 Å². The molecule has 0 heterocycles. The van der Waals surface area contributed by atoms with E-state index in [-0.39, 0.29) is 5.91 Å². The number of rotatable bonds is 6. The van der Waals surface area contributed by atoms with E-state index in [9.17, 15) is 14.4 Å². The van der Waals surface area contributed by atoms with Crippen LogP contribution in [0.3, 0.4) is 0 Å². The molecule has 6 nitrogen and oxygen atoms in total. The van der Waals surface area contributed by atoms with Gasteiger partial charge in [0.05, 0.1) is 0 Å². The van der Waals surface area contributed by atoms with Crippen LogP contribution in [-0.4, -0.2) is 29.4 Å². The van der Waals surface area contributed by atoms with E-state index >= 15 is 0 Å². The maximum atomic E-state index is 12.8. The average Bonchev–Trinajstić information content (AvgIpc) is 2.61. The second kappa shape index (κ2) is 8.44. The molecule has 0 aliphatic rings. The maximum Gasteiger partial charge on any atom is 0.328 e. The average molecular weight is 338 g/mol. The Morgan fingerprint density at radius 3 is 2.40 bits per heavy atom. The molecular weight excluding hydrogens is 320 g/mol. The lowest BCUT2D eigenvalue weighted by molar-refractivity contribution is -0.131.